The zero-order valence-corrected chi connectivity index (χ0v) is 17.5. The number of halogens is 1. The van der Waals surface area contributed by atoms with Crippen LogP contribution in [0.4, 0.5) is 5.82 Å². The Morgan fingerprint density at radius 1 is 1.25 bits per heavy atom. The van der Waals surface area contributed by atoms with E-state index in [4.69, 9.17) is 17.3 Å². The molecule has 2 heterocycles. The van der Waals surface area contributed by atoms with Crippen molar-refractivity contribution in [1.82, 2.24) is 20.5 Å². The number of anilines is 1. The molecule has 2 aromatic heterocycles. The van der Waals surface area contributed by atoms with Gasteiger partial charge in [0.05, 0.1) is 9.90 Å². The van der Waals surface area contributed by atoms with Gasteiger partial charge in [-0.05, 0) is 43.2 Å². The number of pyridine rings is 1. The number of aromatic nitrogens is 1. The zero-order valence-electron chi connectivity index (χ0n) is 16.0. The highest BCUT2D eigenvalue weighted by atomic mass is 35.5. The number of benzene rings is 1. The molecule has 1 aromatic carbocycles. The fourth-order valence-corrected chi connectivity index (χ4v) is 4.07. The van der Waals surface area contributed by atoms with Crippen LogP contribution >= 0.6 is 22.9 Å². The maximum absolute atomic E-state index is 12.5. The van der Waals surface area contributed by atoms with Gasteiger partial charge in [0, 0.05) is 42.6 Å². The van der Waals surface area contributed by atoms with Crippen LogP contribution in [0.15, 0.2) is 36.5 Å². The average Bonchev–Trinajstić information content (AvgIpc) is 3.04. The van der Waals surface area contributed by atoms with Gasteiger partial charge in [0.1, 0.15) is 5.82 Å². The molecule has 3 rings (SSSR count). The van der Waals surface area contributed by atoms with Crippen LogP contribution in [0.3, 0.4) is 0 Å². The molecule has 0 aliphatic carbocycles. The Hall–Kier alpha value is -2.19. The van der Waals surface area contributed by atoms with Gasteiger partial charge in [-0.2, -0.15) is 0 Å². The number of hydrogen-bond donors (Lipinski definition) is 3. The Balaban J connectivity index is 1.58. The van der Waals surface area contributed by atoms with Crippen LogP contribution in [0.5, 0.6) is 0 Å². The van der Waals surface area contributed by atoms with E-state index in [0.717, 1.165) is 34.3 Å². The normalized spacial score (nSPS) is 11.3. The topological polar surface area (TPSA) is 83.3 Å². The van der Waals surface area contributed by atoms with Crippen molar-refractivity contribution in [2.75, 3.05) is 32.9 Å². The van der Waals surface area contributed by atoms with E-state index in [1.54, 1.807) is 12.3 Å². The molecular weight excluding hydrogens is 394 g/mol. The first-order valence-corrected chi connectivity index (χ1v) is 10.2. The Bertz CT molecular complexity index is 972. The second-order valence-electron chi connectivity index (χ2n) is 6.80. The Morgan fingerprint density at radius 3 is 2.86 bits per heavy atom. The van der Waals surface area contributed by atoms with E-state index < -0.39 is 0 Å². The van der Waals surface area contributed by atoms with Crippen LogP contribution in [0.25, 0.3) is 10.8 Å². The molecule has 148 valence electrons. The third-order valence-corrected chi connectivity index (χ3v) is 5.90. The number of likely N-dealkylation sites (N-methyl/N-ethyl adjacent to an activating group) is 1. The van der Waals surface area contributed by atoms with E-state index >= 15 is 0 Å². The molecule has 0 radical (unpaired) electrons. The molecule has 0 unspecified atom stereocenters. The third kappa shape index (κ3) is 5.20. The Morgan fingerprint density at radius 2 is 2.07 bits per heavy atom. The summed E-state index contributed by atoms with van der Waals surface area (Å²) in [6.07, 6.45) is 1.68. The van der Waals surface area contributed by atoms with Gasteiger partial charge in [0.15, 0.2) is 0 Å². The highest BCUT2D eigenvalue weighted by Crippen LogP contribution is 2.27. The molecule has 0 atom stereocenters. The number of carbonyl (C=O) groups excluding carboxylic acids is 1. The van der Waals surface area contributed by atoms with Crippen molar-refractivity contribution in [3.05, 3.63) is 56.9 Å². The molecular formula is C20H24ClN5OS. The maximum atomic E-state index is 12.5. The SMILES string of the molecule is CN(C)CCNCc1sc(C(=O)NCc2ccc3c(N)nccc3c2)cc1Cl. The summed E-state index contributed by atoms with van der Waals surface area (Å²) in [6.45, 7) is 2.91. The predicted octanol–water partition coefficient (Wildman–Crippen LogP) is 3.11. The van der Waals surface area contributed by atoms with Gasteiger partial charge in [-0.15, -0.1) is 11.3 Å². The van der Waals surface area contributed by atoms with Gasteiger partial charge < -0.3 is 21.3 Å². The lowest BCUT2D eigenvalue weighted by atomic mass is 10.1. The van der Waals surface area contributed by atoms with Crippen LogP contribution in [0, 0.1) is 0 Å². The number of nitrogens with two attached hydrogens (primary N) is 1. The van der Waals surface area contributed by atoms with Crippen molar-refractivity contribution >= 4 is 45.4 Å². The minimum Gasteiger partial charge on any atom is -0.383 e. The quantitative estimate of drug-likeness (QED) is 0.490. The molecule has 4 N–H and O–H groups in total. The Kier molecular flexibility index (Phi) is 6.85. The van der Waals surface area contributed by atoms with Crippen LogP contribution in [0.1, 0.15) is 20.1 Å². The number of carbonyl (C=O) groups is 1. The smallest absolute Gasteiger partial charge is 0.261 e. The summed E-state index contributed by atoms with van der Waals surface area (Å²) in [5.41, 5.74) is 6.88. The first-order valence-electron chi connectivity index (χ1n) is 8.99. The monoisotopic (exact) mass is 417 g/mol. The van der Waals surface area contributed by atoms with Gasteiger partial charge in [0.2, 0.25) is 0 Å². The van der Waals surface area contributed by atoms with Gasteiger partial charge in [0.25, 0.3) is 5.91 Å². The molecule has 0 aliphatic rings. The average molecular weight is 418 g/mol. The van der Waals surface area contributed by atoms with E-state index in [0.29, 0.717) is 28.8 Å². The fraction of sp³-hybridized carbons (Fsp3) is 0.300. The summed E-state index contributed by atoms with van der Waals surface area (Å²) in [4.78, 5) is 20.3. The maximum Gasteiger partial charge on any atom is 0.261 e. The summed E-state index contributed by atoms with van der Waals surface area (Å²) < 4.78 is 0. The first kappa shape index (κ1) is 20.5. The highest BCUT2D eigenvalue weighted by molar-refractivity contribution is 7.14. The van der Waals surface area contributed by atoms with Crippen molar-refractivity contribution in [3.63, 3.8) is 0 Å². The van der Waals surface area contributed by atoms with Gasteiger partial charge in [-0.3, -0.25) is 4.79 Å². The number of nitrogens with zero attached hydrogens (tertiary/aromatic N) is 2. The molecule has 8 heteroatoms. The molecule has 1 amide bonds. The lowest BCUT2D eigenvalue weighted by molar-refractivity contribution is 0.0955. The molecule has 6 nitrogen and oxygen atoms in total. The van der Waals surface area contributed by atoms with Gasteiger partial charge in [-0.25, -0.2) is 4.98 Å². The molecule has 3 aromatic rings. The molecule has 0 bridgehead atoms. The van der Waals surface area contributed by atoms with E-state index in [-0.39, 0.29) is 5.91 Å². The largest absolute Gasteiger partial charge is 0.383 e. The molecule has 0 saturated heterocycles. The van der Waals surface area contributed by atoms with Crippen molar-refractivity contribution in [3.8, 4) is 0 Å². The van der Waals surface area contributed by atoms with Crippen LogP contribution in [0.2, 0.25) is 5.02 Å². The molecule has 0 fully saturated rings. The number of thiophene rings is 1. The number of amides is 1. The minimum absolute atomic E-state index is 0.124. The summed E-state index contributed by atoms with van der Waals surface area (Å²) in [5, 5.41) is 8.84. The lowest BCUT2D eigenvalue weighted by Gasteiger charge is -2.09. The fourth-order valence-electron chi connectivity index (χ4n) is 2.77. The van der Waals surface area contributed by atoms with Crippen molar-refractivity contribution < 1.29 is 4.79 Å². The molecule has 0 saturated carbocycles. The molecule has 0 aliphatic heterocycles. The van der Waals surface area contributed by atoms with Crippen molar-refractivity contribution in [2.45, 2.75) is 13.1 Å². The van der Waals surface area contributed by atoms with Crippen molar-refractivity contribution in [2.24, 2.45) is 0 Å². The lowest BCUT2D eigenvalue weighted by Crippen LogP contribution is -2.26. The van der Waals surface area contributed by atoms with E-state index in [1.165, 1.54) is 11.3 Å². The number of fused-ring (bicyclic) bond motifs is 1. The standard InChI is InChI=1S/C20H24ClN5OS/c1-26(2)8-7-23-12-18-16(21)10-17(28-18)20(27)25-11-13-3-4-15-14(9-13)5-6-24-19(15)22/h3-6,9-10,23H,7-8,11-12H2,1-2H3,(H2,22,24)(H,25,27). The predicted molar refractivity (Wildman–Crippen MR) is 117 cm³/mol. The van der Waals surface area contributed by atoms with Crippen molar-refractivity contribution in [1.29, 1.82) is 0 Å². The zero-order chi connectivity index (χ0) is 20.1. The number of nitrogen functional groups attached to an aromatic ring is 1. The van der Waals surface area contributed by atoms with Gasteiger partial charge in [-0.1, -0.05) is 23.7 Å². The van der Waals surface area contributed by atoms with Crippen LogP contribution in [-0.2, 0) is 13.1 Å². The van der Waals surface area contributed by atoms with Crippen LogP contribution < -0.4 is 16.4 Å². The number of hydrogen-bond acceptors (Lipinski definition) is 6. The minimum atomic E-state index is -0.124. The summed E-state index contributed by atoms with van der Waals surface area (Å²) in [7, 11) is 4.06. The van der Waals surface area contributed by atoms with E-state index in [9.17, 15) is 4.79 Å². The summed E-state index contributed by atoms with van der Waals surface area (Å²) in [5.74, 6) is 0.383. The van der Waals surface area contributed by atoms with E-state index in [1.807, 2.05) is 38.4 Å². The highest BCUT2D eigenvalue weighted by Gasteiger charge is 2.13. The van der Waals surface area contributed by atoms with E-state index in [2.05, 4.69) is 20.5 Å². The molecule has 0 spiro atoms. The van der Waals surface area contributed by atoms with Crippen LogP contribution in [-0.4, -0.2) is 43.0 Å². The summed E-state index contributed by atoms with van der Waals surface area (Å²) in [6, 6.07) is 9.53. The van der Waals surface area contributed by atoms with Gasteiger partial charge >= 0.3 is 0 Å². The second kappa shape index (κ2) is 9.34. The first-order chi connectivity index (χ1) is 13.4. The summed E-state index contributed by atoms with van der Waals surface area (Å²) >= 11 is 7.71. The Labute approximate surface area is 173 Å². The number of rotatable bonds is 8. The molecule has 28 heavy (non-hydrogen) atoms. The number of nitrogens with one attached hydrogen (secondary N) is 2. The third-order valence-electron chi connectivity index (χ3n) is 4.32. The second-order valence-corrected chi connectivity index (χ2v) is 8.34.